The van der Waals surface area contributed by atoms with Crippen LogP contribution >= 0.6 is 0 Å². The molecule has 1 saturated heterocycles. The number of hydrogen-bond donors (Lipinski definition) is 1. The molecule has 0 atom stereocenters. The number of carbonyl (C=O) groups excluding carboxylic acids is 1. The highest BCUT2D eigenvalue weighted by Crippen LogP contribution is 2.21. The van der Waals surface area contributed by atoms with Crippen molar-refractivity contribution in [2.45, 2.75) is 6.92 Å². The average Bonchev–Trinajstić information content (AvgIpc) is 2.70. The summed E-state index contributed by atoms with van der Waals surface area (Å²) >= 11 is 0. The summed E-state index contributed by atoms with van der Waals surface area (Å²) in [4.78, 5) is 16.6. The molecular weight excluding hydrogens is 330 g/mol. The van der Waals surface area contributed by atoms with Gasteiger partial charge in [0.25, 0.3) is 0 Å². The van der Waals surface area contributed by atoms with Gasteiger partial charge in [-0.2, -0.15) is 0 Å². The van der Waals surface area contributed by atoms with Crippen LogP contribution in [-0.2, 0) is 0 Å². The molecule has 1 aliphatic heterocycles. The van der Waals surface area contributed by atoms with Crippen molar-refractivity contribution in [3.8, 4) is 11.5 Å². The Morgan fingerprint density at radius 3 is 2.15 bits per heavy atom. The molecule has 138 valence electrons. The minimum atomic E-state index is -0.0662. The Kier molecular flexibility index (Phi) is 5.84. The van der Waals surface area contributed by atoms with Crippen LogP contribution in [0.5, 0.6) is 11.5 Å². The Morgan fingerprint density at radius 1 is 0.962 bits per heavy atom. The number of nitrogens with one attached hydrogen (secondary N) is 1. The fraction of sp³-hybridized carbons (Fsp3) is 0.350. The van der Waals surface area contributed by atoms with Gasteiger partial charge in [0.1, 0.15) is 11.5 Å². The summed E-state index contributed by atoms with van der Waals surface area (Å²) in [5, 5.41) is 2.95. The minimum absolute atomic E-state index is 0.0662. The first kappa shape index (κ1) is 17.9. The van der Waals surface area contributed by atoms with E-state index in [9.17, 15) is 4.79 Å². The van der Waals surface area contributed by atoms with E-state index in [2.05, 4.69) is 22.3 Å². The second-order valence-corrected chi connectivity index (χ2v) is 6.06. The normalized spacial score (nSPS) is 14.1. The molecule has 6 nitrogen and oxygen atoms in total. The van der Waals surface area contributed by atoms with Crippen LogP contribution in [0.4, 0.5) is 16.2 Å². The van der Waals surface area contributed by atoms with Crippen LogP contribution in [0, 0.1) is 0 Å². The highest BCUT2D eigenvalue weighted by atomic mass is 16.5. The highest BCUT2D eigenvalue weighted by Gasteiger charge is 2.21. The van der Waals surface area contributed by atoms with Crippen LogP contribution in [0.15, 0.2) is 48.5 Å². The Morgan fingerprint density at radius 2 is 1.58 bits per heavy atom. The molecule has 2 amide bonds. The van der Waals surface area contributed by atoms with Gasteiger partial charge in [-0.3, -0.25) is 0 Å². The number of ether oxygens (including phenoxy) is 2. The number of urea groups is 1. The van der Waals surface area contributed by atoms with E-state index in [1.54, 1.807) is 7.11 Å². The van der Waals surface area contributed by atoms with Gasteiger partial charge in [0.2, 0.25) is 0 Å². The highest BCUT2D eigenvalue weighted by molar-refractivity contribution is 5.89. The van der Waals surface area contributed by atoms with Gasteiger partial charge < -0.3 is 24.6 Å². The van der Waals surface area contributed by atoms with Crippen LogP contribution in [-0.4, -0.2) is 50.8 Å². The fourth-order valence-electron chi connectivity index (χ4n) is 2.96. The van der Waals surface area contributed by atoms with E-state index in [0.717, 1.165) is 36.0 Å². The summed E-state index contributed by atoms with van der Waals surface area (Å²) in [5.74, 6) is 1.65. The van der Waals surface area contributed by atoms with Gasteiger partial charge in [-0.15, -0.1) is 0 Å². The lowest BCUT2D eigenvalue weighted by Crippen LogP contribution is -2.50. The molecule has 1 fully saturated rings. The van der Waals surface area contributed by atoms with E-state index in [0.29, 0.717) is 19.7 Å². The first-order valence-corrected chi connectivity index (χ1v) is 8.87. The average molecular weight is 355 g/mol. The molecule has 0 bridgehead atoms. The van der Waals surface area contributed by atoms with Crippen LogP contribution in [0.3, 0.4) is 0 Å². The molecule has 0 aliphatic carbocycles. The standard InChI is InChI=1S/C20H25N3O3/c1-3-26-19-8-4-16(5-9-19)21-20(24)23-14-12-22(13-15-23)17-6-10-18(25-2)11-7-17/h4-11H,3,12-15H2,1-2H3,(H,21,24). The van der Waals surface area contributed by atoms with Crippen LogP contribution in [0.1, 0.15) is 6.92 Å². The topological polar surface area (TPSA) is 54.0 Å². The molecule has 6 heteroatoms. The predicted octanol–water partition coefficient (Wildman–Crippen LogP) is 3.45. The zero-order chi connectivity index (χ0) is 18.4. The maximum absolute atomic E-state index is 12.5. The van der Waals surface area contributed by atoms with Crippen molar-refractivity contribution >= 4 is 17.4 Å². The lowest BCUT2D eigenvalue weighted by molar-refractivity contribution is 0.208. The van der Waals surface area contributed by atoms with Crippen molar-refractivity contribution in [1.29, 1.82) is 0 Å². The SMILES string of the molecule is CCOc1ccc(NC(=O)N2CCN(c3ccc(OC)cc3)CC2)cc1. The molecule has 1 aliphatic rings. The maximum Gasteiger partial charge on any atom is 0.321 e. The Bertz CT molecular complexity index is 708. The van der Waals surface area contributed by atoms with Crippen molar-refractivity contribution in [3.63, 3.8) is 0 Å². The molecule has 2 aromatic carbocycles. The molecule has 0 spiro atoms. The van der Waals surface area contributed by atoms with Gasteiger partial charge in [-0.25, -0.2) is 4.79 Å². The Balaban J connectivity index is 1.51. The second kappa shape index (κ2) is 8.47. The number of anilines is 2. The lowest BCUT2D eigenvalue weighted by atomic mass is 10.2. The molecular formula is C20H25N3O3. The Labute approximate surface area is 154 Å². The third-order valence-electron chi connectivity index (χ3n) is 4.42. The lowest BCUT2D eigenvalue weighted by Gasteiger charge is -2.36. The molecule has 26 heavy (non-hydrogen) atoms. The third-order valence-corrected chi connectivity index (χ3v) is 4.42. The van der Waals surface area contributed by atoms with Gasteiger partial charge >= 0.3 is 6.03 Å². The number of rotatable bonds is 5. The number of amides is 2. The van der Waals surface area contributed by atoms with Crippen molar-refractivity contribution in [2.75, 3.05) is 50.1 Å². The molecule has 0 radical (unpaired) electrons. The van der Waals surface area contributed by atoms with Crippen molar-refractivity contribution < 1.29 is 14.3 Å². The number of methoxy groups -OCH3 is 1. The Hall–Kier alpha value is -2.89. The number of benzene rings is 2. The minimum Gasteiger partial charge on any atom is -0.497 e. The summed E-state index contributed by atoms with van der Waals surface area (Å²) < 4.78 is 10.6. The van der Waals surface area contributed by atoms with E-state index in [1.807, 2.05) is 48.2 Å². The largest absolute Gasteiger partial charge is 0.497 e. The van der Waals surface area contributed by atoms with E-state index < -0.39 is 0 Å². The maximum atomic E-state index is 12.5. The van der Waals surface area contributed by atoms with Crippen LogP contribution < -0.4 is 19.7 Å². The monoisotopic (exact) mass is 355 g/mol. The van der Waals surface area contributed by atoms with Gasteiger partial charge in [-0.1, -0.05) is 0 Å². The molecule has 0 aromatic heterocycles. The van der Waals surface area contributed by atoms with E-state index in [1.165, 1.54) is 0 Å². The summed E-state index contributed by atoms with van der Waals surface area (Å²) in [5.41, 5.74) is 1.92. The smallest absolute Gasteiger partial charge is 0.321 e. The molecule has 1 N–H and O–H groups in total. The molecule has 3 rings (SSSR count). The van der Waals surface area contributed by atoms with Crippen LogP contribution in [0.25, 0.3) is 0 Å². The quantitative estimate of drug-likeness (QED) is 0.893. The van der Waals surface area contributed by atoms with Gasteiger partial charge in [0.05, 0.1) is 13.7 Å². The number of piperazine rings is 1. The fourth-order valence-corrected chi connectivity index (χ4v) is 2.96. The summed E-state index contributed by atoms with van der Waals surface area (Å²) in [6.07, 6.45) is 0. The van der Waals surface area contributed by atoms with E-state index >= 15 is 0 Å². The second-order valence-electron chi connectivity index (χ2n) is 6.06. The van der Waals surface area contributed by atoms with Gasteiger partial charge in [-0.05, 0) is 55.5 Å². The first-order valence-electron chi connectivity index (χ1n) is 8.87. The molecule has 0 unspecified atom stereocenters. The molecule has 2 aromatic rings. The summed E-state index contributed by atoms with van der Waals surface area (Å²) in [7, 11) is 1.66. The van der Waals surface area contributed by atoms with Crippen molar-refractivity contribution in [3.05, 3.63) is 48.5 Å². The summed E-state index contributed by atoms with van der Waals surface area (Å²) in [6, 6.07) is 15.4. The zero-order valence-corrected chi connectivity index (χ0v) is 15.3. The zero-order valence-electron chi connectivity index (χ0n) is 15.3. The van der Waals surface area contributed by atoms with E-state index in [4.69, 9.17) is 9.47 Å². The number of carbonyl (C=O) groups is 1. The first-order chi connectivity index (χ1) is 12.7. The van der Waals surface area contributed by atoms with Crippen molar-refractivity contribution in [1.82, 2.24) is 4.90 Å². The number of nitrogens with zero attached hydrogens (tertiary/aromatic N) is 2. The molecule has 1 heterocycles. The van der Waals surface area contributed by atoms with Crippen molar-refractivity contribution in [2.24, 2.45) is 0 Å². The van der Waals surface area contributed by atoms with Gasteiger partial charge in [0, 0.05) is 37.6 Å². The van der Waals surface area contributed by atoms with Crippen LogP contribution in [0.2, 0.25) is 0 Å². The predicted molar refractivity (Wildman–Crippen MR) is 103 cm³/mol. The van der Waals surface area contributed by atoms with Gasteiger partial charge in [0.15, 0.2) is 0 Å². The molecule has 0 saturated carbocycles. The number of hydrogen-bond acceptors (Lipinski definition) is 4. The third kappa shape index (κ3) is 4.39. The van der Waals surface area contributed by atoms with E-state index in [-0.39, 0.29) is 6.03 Å². The summed E-state index contributed by atoms with van der Waals surface area (Å²) in [6.45, 7) is 5.57.